The summed E-state index contributed by atoms with van der Waals surface area (Å²) in [5, 5.41) is 60.3. The Bertz CT molecular complexity index is 768. The Labute approximate surface area is 202 Å². The van der Waals surface area contributed by atoms with E-state index in [4.69, 9.17) is 9.47 Å². The van der Waals surface area contributed by atoms with Crippen LogP contribution in [0.3, 0.4) is 0 Å². The Hall–Kier alpha value is -0.580. The summed E-state index contributed by atoms with van der Waals surface area (Å²) in [6.45, 7) is 8.19. The lowest BCUT2D eigenvalue weighted by Crippen LogP contribution is -2.61. The van der Waals surface area contributed by atoms with Crippen molar-refractivity contribution in [2.45, 2.75) is 109 Å². The van der Waals surface area contributed by atoms with Gasteiger partial charge in [-0.1, -0.05) is 39.3 Å². The molecule has 0 aromatic carbocycles. The Morgan fingerprint density at radius 1 is 1.03 bits per heavy atom. The highest BCUT2D eigenvalue weighted by Crippen LogP contribution is 2.64. The third-order valence-corrected chi connectivity index (χ3v) is 9.72. The van der Waals surface area contributed by atoms with Crippen molar-refractivity contribution < 1.29 is 40.1 Å². The molecule has 1 saturated heterocycles. The molecule has 0 aromatic heterocycles. The van der Waals surface area contributed by atoms with E-state index in [-0.39, 0.29) is 23.5 Å². The maximum atomic E-state index is 10.5. The molecule has 196 valence electrons. The van der Waals surface area contributed by atoms with Gasteiger partial charge >= 0.3 is 0 Å². The second-order valence-electron chi connectivity index (χ2n) is 12.5. The van der Waals surface area contributed by atoms with Crippen LogP contribution in [0, 0.1) is 28.1 Å². The maximum Gasteiger partial charge on any atom is 0.186 e. The first-order valence-corrected chi connectivity index (χ1v) is 12.8. The predicted octanol–water partition coefficient (Wildman–Crippen LogP) is 1.10. The Morgan fingerprint density at radius 3 is 2.38 bits per heavy atom. The minimum absolute atomic E-state index is 0.0112. The van der Waals surface area contributed by atoms with E-state index in [0.717, 1.165) is 38.5 Å². The van der Waals surface area contributed by atoms with Crippen molar-refractivity contribution >= 4 is 0 Å². The number of allylic oxidation sites excluding steroid dienone is 1. The number of hydrogen-bond donors (Lipinski definition) is 6. The van der Waals surface area contributed by atoms with Crippen LogP contribution >= 0.6 is 0 Å². The van der Waals surface area contributed by atoms with Crippen molar-refractivity contribution in [2.24, 2.45) is 28.1 Å². The fourth-order valence-electron chi connectivity index (χ4n) is 7.92. The normalized spacial score (nSPS) is 49.5. The van der Waals surface area contributed by atoms with E-state index in [9.17, 15) is 30.6 Å². The maximum absolute atomic E-state index is 10.5. The van der Waals surface area contributed by atoms with Crippen LogP contribution in [-0.4, -0.2) is 86.8 Å². The average molecular weight is 485 g/mol. The fraction of sp³-hybridized carbons (Fsp3) is 0.923. The Kier molecular flexibility index (Phi) is 7.30. The quantitative estimate of drug-likeness (QED) is 0.252. The largest absolute Gasteiger partial charge is 0.394 e. The third kappa shape index (κ3) is 4.39. The van der Waals surface area contributed by atoms with E-state index in [0.29, 0.717) is 11.8 Å². The Morgan fingerprint density at radius 2 is 1.74 bits per heavy atom. The molecule has 0 spiro atoms. The zero-order chi connectivity index (χ0) is 25.1. The SMILES string of the molecule is CC1(C)CC(OC2OC(CO)C(O)C(O)C2O)CC2(C)C3CCC(C)(C(O)CO)C=C3CCC12. The molecule has 11 atom stereocenters. The first-order valence-electron chi connectivity index (χ1n) is 12.8. The summed E-state index contributed by atoms with van der Waals surface area (Å²) in [6.07, 6.45) is 0.254. The van der Waals surface area contributed by atoms with Crippen LogP contribution in [0.2, 0.25) is 0 Å². The summed E-state index contributed by atoms with van der Waals surface area (Å²) in [7, 11) is 0. The second-order valence-corrected chi connectivity index (χ2v) is 12.5. The van der Waals surface area contributed by atoms with Crippen molar-refractivity contribution in [3.05, 3.63) is 11.6 Å². The van der Waals surface area contributed by atoms with E-state index < -0.39 is 48.8 Å². The van der Waals surface area contributed by atoms with E-state index in [1.807, 2.05) is 6.92 Å². The molecule has 0 amide bonds. The standard InChI is InChI=1S/C26H44O8/c1-24(2)10-15(33-23-22(32)21(31)20(30)17(12-27)34-23)11-26(4)16-7-8-25(3,19(29)13-28)9-14(16)5-6-18(24)26/h9,15-23,27-32H,5-8,10-13H2,1-4H3. The van der Waals surface area contributed by atoms with Crippen molar-refractivity contribution in [3.63, 3.8) is 0 Å². The molecule has 8 heteroatoms. The summed E-state index contributed by atoms with van der Waals surface area (Å²) in [5.74, 6) is 0.842. The van der Waals surface area contributed by atoms with Crippen LogP contribution < -0.4 is 0 Å². The van der Waals surface area contributed by atoms with Crippen molar-refractivity contribution in [1.82, 2.24) is 0 Å². The van der Waals surface area contributed by atoms with Crippen molar-refractivity contribution in [3.8, 4) is 0 Å². The highest BCUT2D eigenvalue weighted by atomic mass is 16.7. The molecule has 3 fully saturated rings. The van der Waals surface area contributed by atoms with E-state index in [1.165, 1.54) is 5.57 Å². The lowest BCUT2D eigenvalue weighted by Gasteiger charge is -2.61. The molecule has 1 aliphatic heterocycles. The summed E-state index contributed by atoms with van der Waals surface area (Å²) < 4.78 is 11.9. The molecular formula is C26H44O8. The zero-order valence-corrected chi connectivity index (χ0v) is 20.9. The van der Waals surface area contributed by atoms with E-state index >= 15 is 0 Å². The summed E-state index contributed by atoms with van der Waals surface area (Å²) in [6, 6.07) is 0. The summed E-state index contributed by atoms with van der Waals surface area (Å²) >= 11 is 0. The van der Waals surface area contributed by atoms with Gasteiger partial charge in [0, 0.05) is 5.41 Å². The molecule has 8 nitrogen and oxygen atoms in total. The number of aliphatic hydroxyl groups is 6. The van der Waals surface area contributed by atoms with Gasteiger partial charge in [-0.05, 0) is 61.2 Å². The molecular weight excluding hydrogens is 440 g/mol. The summed E-state index contributed by atoms with van der Waals surface area (Å²) in [5.41, 5.74) is 0.892. The Balaban J connectivity index is 1.57. The average Bonchev–Trinajstić information content (AvgIpc) is 2.77. The number of ether oxygens (including phenoxy) is 2. The highest BCUT2D eigenvalue weighted by Gasteiger charge is 2.58. The first kappa shape index (κ1) is 26.5. The minimum Gasteiger partial charge on any atom is -0.394 e. The van der Waals surface area contributed by atoms with Gasteiger partial charge in [-0.15, -0.1) is 0 Å². The smallest absolute Gasteiger partial charge is 0.186 e. The lowest BCUT2D eigenvalue weighted by molar-refractivity contribution is -0.320. The molecule has 0 aromatic rings. The summed E-state index contributed by atoms with van der Waals surface area (Å²) in [4.78, 5) is 0. The van der Waals surface area contributed by atoms with Gasteiger partial charge in [0.25, 0.3) is 0 Å². The van der Waals surface area contributed by atoms with Gasteiger partial charge in [0.2, 0.25) is 0 Å². The van der Waals surface area contributed by atoms with Gasteiger partial charge < -0.3 is 40.1 Å². The van der Waals surface area contributed by atoms with Gasteiger partial charge in [0.1, 0.15) is 24.4 Å². The second kappa shape index (κ2) is 9.38. The molecule has 4 rings (SSSR count). The molecule has 34 heavy (non-hydrogen) atoms. The molecule has 1 heterocycles. The zero-order valence-electron chi connectivity index (χ0n) is 20.9. The lowest BCUT2D eigenvalue weighted by atomic mass is 9.45. The van der Waals surface area contributed by atoms with Gasteiger partial charge in [0.05, 0.1) is 25.4 Å². The van der Waals surface area contributed by atoms with Gasteiger partial charge in [0.15, 0.2) is 6.29 Å². The number of hydrogen-bond acceptors (Lipinski definition) is 8. The third-order valence-electron chi connectivity index (χ3n) is 9.72. The van der Waals surface area contributed by atoms with Crippen LogP contribution in [0.1, 0.15) is 66.2 Å². The van der Waals surface area contributed by atoms with Crippen molar-refractivity contribution in [2.75, 3.05) is 13.2 Å². The van der Waals surface area contributed by atoms with Crippen LogP contribution in [0.4, 0.5) is 0 Å². The monoisotopic (exact) mass is 484 g/mol. The number of rotatable bonds is 5. The van der Waals surface area contributed by atoms with E-state index in [1.54, 1.807) is 0 Å². The molecule has 2 saturated carbocycles. The first-order chi connectivity index (χ1) is 15.9. The molecule has 3 aliphatic carbocycles. The molecule has 11 unspecified atom stereocenters. The highest BCUT2D eigenvalue weighted by molar-refractivity contribution is 5.25. The van der Waals surface area contributed by atoms with Crippen LogP contribution in [0.15, 0.2) is 11.6 Å². The van der Waals surface area contributed by atoms with Crippen LogP contribution in [-0.2, 0) is 9.47 Å². The topological polar surface area (TPSA) is 140 Å². The van der Waals surface area contributed by atoms with E-state index in [2.05, 4.69) is 26.8 Å². The van der Waals surface area contributed by atoms with Gasteiger partial charge in [-0.3, -0.25) is 0 Å². The number of aliphatic hydroxyl groups excluding tert-OH is 6. The van der Waals surface area contributed by atoms with Gasteiger partial charge in [-0.25, -0.2) is 0 Å². The molecule has 0 bridgehead atoms. The predicted molar refractivity (Wildman–Crippen MR) is 124 cm³/mol. The molecule has 4 aliphatic rings. The fourth-order valence-corrected chi connectivity index (χ4v) is 7.92. The van der Waals surface area contributed by atoms with Crippen LogP contribution in [0.5, 0.6) is 0 Å². The molecule has 6 N–H and O–H groups in total. The van der Waals surface area contributed by atoms with Crippen molar-refractivity contribution in [1.29, 1.82) is 0 Å². The number of fused-ring (bicyclic) bond motifs is 3. The van der Waals surface area contributed by atoms with Crippen LogP contribution in [0.25, 0.3) is 0 Å². The minimum atomic E-state index is -1.45. The molecule has 0 radical (unpaired) electrons. The van der Waals surface area contributed by atoms with Gasteiger partial charge in [-0.2, -0.15) is 0 Å².